The maximum absolute atomic E-state index is 5.55. The number of imidazole rings is 1. The molecule has 0 saturated carbocycles. The molecule has 3 aromatic rings. The monoisotopic (exact) mass is 282 g/mol. The molecule has 21 heavy (non-hydrogen) atoms. The second kappa shape index (κ2) is 6.37. The molecular formula is C16H18N4O. The van der Waals surface area contributed by atoms with Crippen LogP contribution in [0.25, 0.3) is 0 Å². The summed E-state index contributed by atoms with van der Waals surface area (Å²) in [5.74, 6) is 1.81. The van der Waals surface area contributed by atoms with Crippen LogP contribution in [-0.2, 0) is 13.5 Å². The predicted molar refractivity (Wildman–Crippen MR) is 79.7 cm³/mol. The normalized spacial score (nSPS) is 12.4. The first-order valence-corrected chi connectivity index (χ1v) is 6.97. The molecule has 0 aromatic carbocycles. The van der Waals surface area contributed by atoms with E-state index in [4.69, 9.17) is 4.42 Å². The molecule has 0 fully saturated rings. The Morgan fingerprint density at radius 3 is 2.90 bits per heavy atom. The van der Waals surface area contributed by atoms with E-state index in [1.807, 2.05) is 42.2 Å². The van der Waals surface area contributed by atoms with Gasteiger partial charge >= 0.3 is 0 Å². The van der Waals surface area contributed by atoms with Crippen LogP contribution in [0.4, 0.5) is 0 Å². The van der Waals surface area contributed by atoms with Gasteiger partial charge in [-0.15, -0.1) is 0 Å². The first-order chi connectivity index (χ1) is 10.3. The van der Waals surface area contributed by atoms with Crippen molar-refractivity contribution < 1.29 is 4.42 Å². The number of hydrogen-bond donors (Lipinski definition) is 1. The van der Waals surface area contributed by atoms with E-state index in [1.165, 1.54) is 5.56 Å². The molecule has 0 aliphatic rings. The molecule has 5 nitrogen and oxygen atoms in total. The van der Waals surface area contributed by atoms with Crippen molar-refractivity contribution in [3.05, 3.63) is 72.5 Å². The van der Waals surface area contributed by atoms with Crippen molar-refractivity contribution in [1.29, 1.82) is 0 Å². The van der Waals surface area contributed by atoms with E-state index in [0.717, 1.165) is 24.6 Å². The standard InChI is InChI=1S/C16H18N4O/c1-20-10-9-19-16(20)15(14-5-3-11-21-14)18-8-6-13-4-2-7-17-12-13/h2-5,7,9-12,15,18H,6,8H2,1H3. The smallest absolute Gasteiger partial charge is 0.133 e. The maximum atomic E-state index is 5.55. The fraction of sp³-hybridized carbons (Fsp3) is 0.250. The second-order valence-corrected chi connectivity index (χ2v) is 4.91. The molecule has 108 valence electrons. The lowest BCUT2D eigenvalue weighted by Crippen LogP contribution is -2.26. The van der Waals surface area contributed by atoms with Crippen molar-refractivity contribution in [3.8, 4) is 0 Å². The Labute approximate surface area is 123 Å². The fourth-order valence-corrected chi connectivity index (χ4v) is 2.34. The average Bonchev–Trinajstić information content (AvgIpc) is 3.17. The van der Waals surface area contributed by atoms with Gasteiger partial charge in [0.25, 0.3) is 0 Å². The number of furan rings is 1. The lowest BCUT2D eigenvalue weighted by atomic mass is 10.1. The first kappa shape index (κ1) is 13.6. The van der Waals surface area contributed by atoms with Crippen LogP contribution in [0.15, 0.2) is 59.7 Å². The van der Waals surface area contributed by atoms with Crippen molar-refractivity contribution in [2.24, 2.45) is 7.05 Å². The van der Waals surface area contributed by atoms with E-state index in [-0.39, 0.29) is 6.04 Å². The van der Waals surface area contributed by atoms with Gasteiger partial charge in [0.05, 0.1) is 6.26 Å². The molecule has 1 atom stereocenters. The molecule has 0 aliphatic heterocycles. The number of nitrogens with one attached hydrogen (secondary N) is 1. The molecular weight excluding hydrogens is 264 g/mol. The summed E-state index contributed by atoms with van der Waals surface area (Å²) in [6.45, 7) is 0.823. The van der Waals surface area contributed by atoms with Gasteiger partial charge in [0.1, 0.15) is 17.6 Å². The third kappa shape index (κ3) is 3.20. The second-order valence-electron chi connectivity index (χ2n) is 4.91. The number of hydrogen-bond acceptors (Lipinski definition) is 4. The zero-order valence-electron chi connectivity index (χ0n) is 11.9. The third-order valence-electron chi connectivity index (χ3n) is 3.43. The van der Waals surface area contributed by atoms with Gasteiger partial charge in [-0.1, -0.05) is 6.07 Å². The van der Waals surface area contributed by atoms with Crippen LogP contribution in [0, 0.1) is 0 Å². The van der Waals surface area contributed by atoms with E-state index in [0.29, 0.717) is 0 Å². The topological polar surface area (TPSA) is 55.9 Å². The molecule has 0 spiro atoms. The molecule has 0 bridgehead atoms. The highest BCUT2D eigenvalue weighted by atomic mass is 16.3. The summed E-state index contributed by atoms with van der Waals surface area (Å²) in [5.41, 5.74) is 1.21. The van der Waals surface area contributed by atoms with Crippen LogP contribution in [0.3, 0.4) is 0 Å². The molecule has 0 amide bonds. The van der Waals surface area contributed by atoms with Crippen LogP contribution in [0.1, 0.15) is 23.2 Å². The summed E-state index contributed by atoms with van der Waals surface area (Å²) in [4.78, 5) is 8.56. The minimum Gasteiger partial charge on any atom is -0.467 e. The third-order valence-corrected chi connectivity index (χ3v) is 3.43. The van der Waals surface area contributed by atoms with E-state index < -0.39 is 0 Å². The van der Waals surface area contributed by atoms with Gasteiger partial charge in [0, 0.05) is 38.4 Å². The highest BCUT2D eigenvalue weighted by molar-refractivity contribution is 5.16. The number of rotatable bonds is 6. The number of nitrogens with zero attached hydrogens (tertiary/aromatic N) is 3. The molecule has 3 heterocycles. The first-order valence-electron chi connectivity index (χ1n) is 6.97. The van der Waals surface area contributed by atoms with Crippen molar-refractivity contribution in [1.82, 2.24) is 19.9 Å². The summed E-state index contributed by atoms with van der Waals surface area (Å²) < 4.78 is 7.55. The molecule has 5 heteroatoms. The van der Waals surface area contributed by atoms with E-state index in [9.17, 15) is 0 Å². The predicted octanol–water partition coefficient (Wildman–Crippen LogP) is 2.33. The number of pyridine rings is 1. The zero-order valence-corrected chi connectivity index (χ0v) is 11.9. The average molecular weight is 282 g/mol. The van der Waals surface area contributed by atoms with E-state index in [2.05, 4.69) is 21.4 Å². The van der Waals surface area contributed by atoms with Crippen molar-refractivity contribution >= 4 is 0 Å². The summed E-state index contributed by atoms with van der Waals surface area (Å²) >= 11 is 0. The van der Waals surface area contributed by atoms with Gasteiger partial charge in [-0.3, -0.25) is 4.98 Å². The lowest BCUT2D eigenvalue weighted by Gasteiger charge is -2.16. The highest BCUT2D eigenvalue weighted by Gasteiger charge is 2.20. The van der Waals surface area contributed by atoms with Crippen molar-refractivity contribution in [2.75, 3.05) is 6.54 Å². The van der Waals surface area contributed by atoms with Crippen LogP contribution >= 0.6 is 0 Å². The number of aryl methyl sites for hydroxylation is 1. The Morgan fingerprint density at radius 2 is 2.24 bits per heavy atom. The summed E-state index contributed by atoms with van der Waals surface area (Å²) in [6.07, 6.45) is 10.0. The highest BCUT2D eigenvalue weighted by Crippen LogP contribution is 2.20. The van der Waals surface area contributed by atoms with Gasteiger partial charge in [-0.05, 0) is 30.2 Å². The Kier molecular flexibility index (Phi) is 4.12. The quantitative estimate of drug-likeness (QED) is 0.754. The van der Waals surface area contributed by atoms with Gasteiger partial charge < -0.3 is 14.3 Å². The van der Waals surface area contributed by atoms with Crippen molar-refractivity contribution in [3.63, 3.8) is 0 Å². The summed E-state index contributed by atoms with van der Waals surface area (Å²) in [5, 5.41) is 3.51. The summed E-state index contributed by atoms with van der Waals surface area (Å²) in [6, 6.07) is 7.86. The largest absolute Gasteiger partial charge is 0.467 e. The minimum absolute atomic E-state index is 0.0447. The van der Waals surface area contributed by atoms with Gasteiger partial charge in [-0.2, -0.15) is 0 Å². The molecule has 3 aromatic heterocycles. The SMILES string of the molecule is Cn1ccnc1C(NCCc1cccnc1)c1ccco1. The van der Waals surface area contributed by atoms with Crippen molar-refractivity contribution in [2.45, 2.75) is 12.5 Å². The Morgan fingerprint density at radius 1 is 1.29 bits per heavy atom. The molecule has 1 unspecified atom stereocenters. The molecule has 1 N–H and O–H groups in total. The number of aromatic nitrogens is 3. The van der Waals surface area contributed by atoms with Crippen LogP contribution in [0.5, 0.6) is 0 Å². The molecule has 0 saturated heterocycles. The maximum Gasteiger partial charge on any atom is 0.133 e. The Balaban J connectivity index is 1.70. The van der Waals surface area contributed by atoms with Gasteiger partial charge in [0.15, 0.2) is 0 Å². The summed E-state index contributed by atoms with van der Waals surface area (Å²) in [7, 11) is 1.99. The van der Waals surface area contributed by atoms with Crippen LogP contribution in [0.2, 0.25) is 0 Å². The lowest BCUT2D eigenvalue weighted by molar-refractivity contribution is 0.431. The Bertz CT molecular complexity index is 661. The van der Waals surface area contributed by atoms with Gasteiger partial charge in [-0.25, -0.2) is 4.98 Å². The molecule has 3 rings (SSSR count). The molecule has 0 aliphatic carbocycles. The zero-order chi connectivity index (χ0) is 14.5. The van der Waals surface area contributed by atoms with Crippen LogP contribution in [-0.4, -0.2) is 21.1 Å². The fourth-order valence-electron chi connectivity index (χ4n) is 2.34. The van der Waals surface area contributed by atoms with Crippen LogP contribution < -0.4 is 5.32 Å². The molecule has 0 radical (unpaired) electrons. The minimum atomic E-state index is -0.0447. The van der Waals surface area contributed by atoms with E-state index >= 15 is 0 Å². The van der Waals surface area contributed by atoms with E-state index in [1.54, 1.807) is 18.7 Å². The Hall–Kier alpha value is -2.40. The van der Waals surface area contributed by atoms with Gasteiger partial charge in [0.2, 0.25) is 0 Å².